The molecule has 1 amide bonds. The van der Waals surface area contributed by atoms with Gasteiger partial charge in [-0.25, -0.2) is 4.98 Å². The fraction of sp³-hybridized carbons (Fsp3) is 0.519. The van der Waals surface area contributed by atoms with Gasteiger partial charge in [0.1, 0.15) is 17.9 Å². The molecule has 34 heavy (non-hydrogen) atoms. The summed E-state index contributed by atoms with van der Waals surface area (Å²) in [5.74, 6) is 0.706. The Bertz CT molecular complexity index is 1090. The van der Waals surface area contributed by atoms with Crippen molar-refractivity contribution >= 4 is 17.4 Å². The van der Waals surface area contributed by atoms with Gasteiger partial charge in [-0.15, -0.1) is 0 Å². The third-order valence-electron chi connectivity index (χ3n) is 7.36. The highest BCUT2D eigenvalue weighted by Gasteiger charge is 2.43. The summed E-state index contributed by atoms with van der Waals surface area (Å²) in [7, 11) is 2.17. The van der Waals surface area contributed by atoms with Gasteiger partial charge in [-0.2, -0.15) is 5.26 Å². The molecule has 1 aromatic heterocycles. The zero-order valence-electron chi connectivity index (χ0n) is 21.0. The van der Waals surface area contributed by atoms with Crippen LogP contribution >= 0.6 is 0 Å². The number of rotatable bonds is 6. The maximum Gasteiger partial charge on any atom is 0.249 e. The Morgan fingerprint density at radius 2 is 2.06 bits per heavy atom. The number of carbonyl (C=O) groups is 1. The summed E-state index contributed by atoms with van der Waals surface area (Å²) < 4.78 is 0. The molecule has 7 nitrogen and oxygen atoms in total. The molecule has 0 radical (unpaired) electrons. The SMILES string of the molecule is CCN(C(=O)[C@H]1C[C@@H](N(C)C2CCNC2)CN1c1nc(C)cc(C)c1C#N)c1cccc(C)c1. The molecule has 0 spiro atoms. The summed E-state index contributed by atoms with van der Waals surface area (Å²) in [6, 6.07) is 12.7. The fourth-order valence-electron chi connectivity index (χ4n) is 5.47. The largest absolute Gasteiger partial charge is 0.342 e. The predicted molar refractivity (Wildman–Crippen MR) is 136 cm³/mol. The van der Waals surface area contributed by atoms with Crippen LogP contribution in [-0.4, -0.2) is 67.1 Å². The van der Waals surface area contributed by atoms with Gasteiger partial charge < -0.3 is 15.1 Å². The van der Waals surface area contributed by atoms with Crippen molar-refractivity contribution in [1.29, 1.82) is 5.26 Å². The number of benzene rings is 1. The predicted octanol–water partition coefficient (Wildman–Crippen LogP) is 3.17. The lowest BCUT2D eigenvalue weighted by molar-refractivity contribution is -0.119. The van der Waals surface area contributed by atoms with E-state index < -0.39 is 0 Å². The van der Waals surface area contributed by atoms with Crippen LogP contribution < -0.4 is 15.1 Å². The molecule has 2 aliphatic rings. The van der Waals surface area contributed by atoms with E-state index in [1.807, 2.05) is 56.9 Å². The molecule has 0 bridgehead atoms. The van der Waals surface area contributed by atoms with E-state index in [0.29, 0.717) is 36.9 Å². The van der Waals surface area contributed by atoms with Gasteiger partial charge in [0.2, 0.25) is 5.91 Å². The number of aryl methyl sites for hydroxylation is 3. The van der Waals surface area contributed by atoms with Crippen molar-refractivity contribution < 1.29 is 4.79 Å². The summed E-state index contributed by atoms with van der Waals surface area (Å²) in [4.78, 5) is 25.3. The summed E-state index contributed by atoms with van der Waals surface area (Å²) in [6.45, 7) is 11.2. The van der Waals surface area contributed by atoms with E-state index in [1.54, 1.807) is 0 Å². The molecule has 1 N–H and O–H groups in total. The third kappa shape index (κ3) is 4.66. The fourth-order valence-corrected chi connectivity index (χ4v) is 5.47. The van der Waals surface area contributed by atoms with E-state index in [1.165, 1.54) is 0 Å². The first kappa shape index (κ1) is 24.2. The topological polar surface area (TPSA) is 75.5 Å². The van der Waals surface area contributed by atoms with Gasteiger partial charge in [-0.3, -0.25) is 9.69 Å². The van der Waals surface area contributed by atoms with Gasteiger partial charge in [0.05, 0.1) is 5.56 Å². The van der Waals surface area contributed by atoms with Crippen LogP contribution in [0.1, 0.15) is 42.1 Å². The lowest BCUT2D eigenvalue weighted by atomic mass is 10.1. The van der Waals surface area contributed by atoms with Crippen molar-refractivity contribution in [2.75, 3.05) is 43.0 Å². The second kappa shape index (κ2) is 10.1. The number of amides is 1. The summed E-state index contributed by atoms with van der Waals surface area (Å²) in [5.41, 5.74) is 4.37. The van der Waals surface area contributed by atoms with Crippen LogP contribution in [0.3, 0.4) is 0 Å². The van der Waals surface area contributed by atoms with E-state index in [4.69, 9.17) is 4.98 Å². The number of hydrogen-bond acceptors (Lipinski definition) is 6. The van der Waals surface area contributed by atoms with E-state index in [2.05, 4.69) is 34.3 Å². The van der Waals surface area contributed by atoms with Crippen LogP contribution in [0.4, 0.5) is 11.5 Å². The molecule has 1 unspecified atom stereocenters. The van der Waals surface area contributed by atoms with E-state index in [-0.39, 0.29) is 18.0 Å². The highest BCUT2D eigenvalue weighted by atomic mass is 16.2. The molecule has 0 saturated carbocycles. The minimum absolute atomic E-state index is 0.0680. The molecule has 4 rings (SSSR count). The number of pyridine rings is 1. The molecule has 7 heteroatoms. The van der Waals surface area contributed by atoms with Crippen molar-refractivity contribution in [3.05, 3.63) is 52.7 Å². The van der Waals surface area contributed by atoms with Crippen LogP contribution in [0.25, 0.3) is 0 Å². The minimum Gasteiger partial charge on any atom is -0.342 e. The first-order valence-electron chi connectivity index (χ1n) is 12.3. The Morgan fingerprint density at radius 1 is 1.26 bits per heavy atom. The number of likely N-dealkylation sites (N-methyl/N-ethyl adjacent to an activating group) is 2. The monoisotopic (exact) mass is 460 g/mol. The van der Waals surface area contributed by atoms with Crippen LogP contribution in [-0.2, 0) is 4.79 Å². The minimum atomic E-state index is -0.372. The number of nitrogens with zero attached hydrogens (tertiary/aromatic N) is 5. The van der Waals surface area contributed by atoms with Gasteiger partial charge in [0.25, 0.3) is 0 Å². The molecule has 0 aliphatic carbocycles. The number of hydrogen-bond donors (Lipinski definition) is 1. The lowest BCUT2D eigenvalue weighted by Crippen LogP contribution is -2.46. The van der Waals surface area contributed by atoms with E-state index in [0.717, 1.165) is 42.0 Å². The molecular weight excluding hydrogens is 424 g/mol. The molecular formula is C27H36N6O. The molecule has 3 atom stereocenters. The highest BCUT2D eigenvalue weighted by Crippen LogP contribution is 2.33. The molecule has 2 aliphatic heterocycles. The zero-order valence-corrected chi connectivity index (χ0v) is 21.0. The van der Waals surface area contributed by atoms with Gasteiger partial charge in [0, 0.05) is 43.1 Å². The highest BCUT2D eigenvalue weighted by molar-refractivity contribution is 5.99. The number of anilines is 2. The zero-order chi connectivity index (χ0) is 24.4. The quantitative estimate of drug-likeness (QED) is 0.714. The lowest BCUT2D eigenvalue weighted by Gasteiger charge is -2.31. The smallest absolute Gasteiger partial charge is 0.249 e. The maximum absolute atomic E-state index is 14.1. The van der Waals surface area contributed by atoms with E-state index in [9.17, 15) is 10.1 Å². The number of aromatic nitrogens is 1. The second-order valence-electron chi connectivity index (χ2n) is 9.68. The van der Waals surface area contributed by atoms with Crippen molar-refractivity contribution in [2.45, 2.75) is 58.7 Å². The first-order chi connectivity index (χ1) is 16.3. The Balaban J connectivity index is 1.73. The van der Waals surface area contributed by atoms with Crippen molar-refractivity contribution in [3.63, 3.8) is 0 Å². The van der Waals surface area contributed by atoms with Crippen molar-refractivity contribution in [2.24, 2.45) is 0 Å². The molecule has 180 valence electrons. The Hall–Kier alpha value is -2.95. The third-order valence-corrected chi connectivity index (χ3v) is 7.36. The normalized spacial score (nSPS) is 22.3. The van der Waals surface area contributed by atoms with Gasteiger partial charge in [0.15, 0.2) is 0 Å². The summed E-state index contributed by atoms with van der Waals surface area (Å²) in [6.07, 6.45) is 1.83. The van der Waals surface area contributed by atoms with Crippen molar-refractivity contribution in [1.82, 2.24) is 15.2 Å². The average molecular weight is 461 g/mol. The van der Waals surface area contributed by atoms with Crippen LogP contribution in [0, 0.1) is 32.1 Å². The molecule has 1 aromatic carbocycles. The van der Waals surface area contributed by atoms with Crippen molar-refractivity contribution in [3.8, 4) is 6.07 Å². The summed E-state index contributed by atoms with van der Waals surface area (Å²) in [5, 5.41) is 13.4. The molecule has 2 saturated heterocycles. The molecule has 3 heterocycles. The number of nitriles is 1. The summed E-state index contributed by atoms with van der Waals surface area (Å²) >= 11 is 0. The standard InChI is InChI=1S/C27H36N6O/c1-6-32(21-9-7-8-18(2)12-21)27(34)25-14-23(31(5)22-10-11-29-16-22)17-33(25)26-24(15-28)19(3)13-20(4)30-26/h7-9,12-13,22-23,25,29H,6,10-11,14,16-17H2,1-5H3/t22?,23-,25-/m1/s1. The van der Waals surface area contributed by atoms with E-state index >= 15 is 0 Å². The van der Waals surface area contributed by atoms with Gasteiger partial charge in [-0.05, 0) is 83.5 Å². The number of carbonyl (C=O) groups excluding carboxylic acids is 1. The second-order valence-corrected chi connectivity index (χ2v) is 9.68. The van der Waals surface area contributed by atoms with Crippen LogP contribution in [0.15, 0.2) is 30.3 Å². The molecule has 2 aromatic rings. The Morgan fingerprint density at radius 3 is 2.71 bits per heavy atom. The van der Waals surface area contributed by atoms with Crippen LogP contribution in [0.2, 0.25) is 0 Å². The first-order valence-corrected chi connectivity index (χ1v) is 12.3. The average Bonchev–Trinajstić information content (AvgIpc) is 3.49. The molecule has 2 fully saturated rings. The van der Waals surface area contributed by atoms with Gasteiger partial charge in [-0.1, -0.05) is 12.1 Å². The van der Waals surface area contributed by atoms with Gasteiger partial charge >= 0.3 is 0 Å². The maximum atomic E-state index is 14.1. The number of nitrogens with one attached hydrogen (secondary N) is 1. The Labute approximate surface area is 203 Å². The van der Waals surface area contributed by atoms with Crippen LogP contribution in [0.5, 0.6) is 0 Å². The Kier molecular flexibility index (Phi) is 7.20.